The van der Waals surface area contributed by atoms with Gasteiger partial charge in [-0.15, -0.1) is 0 Å². The Morgan fingerprint density at radius 2 is 2.00 bits per heavy atom. The molecule has 0 heterocycles. The second-order valence-corrected chi connectivity index (χ2v) is 4.81. The zero-order valence-corrected chi connectivity index (χ0v) is 9.72. The molecule has 1 aromatic rings. The summed E-state index contributed by atoms with van der Waals surface area (Å²) in [7, 11) is 0. The van der Waals surface area contributed by atoms with Crippen molar-refractivity contribution in [1.29, 1.82) is 0 Å². The van der Waals surface area contributed by atoms with Crippen LogP contribution in [0, 0.1) is 17.6 Å². The molecule has 1 aliphatic rings. The second-order valence-electron chi connectivity index (χ2n) is 4.81. The zero-order valence-electron chi connectivity index (χ0n) is 9.72. The van der Waals surface area contributed by atoms with Gasteiger partial charge in [-0.2, -0.15) is 0 Å². The number of rotatable bonds is 2. The summed E-state index contributed by atoms with van der Waals surface area (Å²) in [6, 6.07) is 4.00. The van der Waals surface area contributed by atoms with Crippen LogP contribution in [0.25, 0.3) is 0 Å². The molecule has 92 valence electrons. The van der Waals surface area contributed by atoms with Crippen LogP contribution in [-0.2, 0) is 11.2 Å². The molecule has 1 saturated carbocycles. The largest absolute Gasteiger partial charge is 0.300 e. The topological polar surface area (TPSA) is 17.1 Å². The lowest BCUT2D eigenvalue weighted by atomic mass is 9.92. The highest BCUT2D eigenvalue weighted by molar-refractivity contribution is 5.78. The van der Waals surface area contributed by atoms with Crippen molar-refractivity contribution in [3.8, 4) is 0 Å². The average Bonchev–Trinajstić information content (AvgIpc) is 2.48. The molecule has 2 rings (SSSR count). The van der Waals surface area contributed by atoms with Gasteiger partial charge >= 0.3 is 0 Å². The Labute approximate surface area is 99.8 Å². The van der Waals surface area contributed by atoms with Gasteiger partial charge in [0.15, 0.2) is 11.6 Å². The van der Waals surface area contributed by atoms with Crippen LogP contribution >= 0.6 is 0 Å². The molecule has 1 unspecified atom stereocenters. The molecule has 0 radical (unpaired) electrons. The number of Topliss-reactive ketones (excluding diaryl/α,β-unsaturated/α-hetero) is 1. The Kier molecular flexibility index (Phi) is 3.87. The molecular weight excluding hydrogens is 222 g/mol. The Morgan fingerprint density at radius 3 is 2.76 bits per heavy atom. The van der Waals surface area contributed by atoms with Gasteiger partial charge in [-0.3, -0.25) is 4.79 Å². The summed E-state index contributed by atoms with van der Waals surface area (Å²) in [4.78, 5) is 11.5. The van der Waals surface area contributed by atoms with E-state index in [0.717, 1.165) is 30.9 Å². The minimum Gasteiger partial charge on any atom is -0.300 e. The van der Waals surface area contributed by atoms with Crippen molar-refractivity contribution in [3.63, 3.8) is 0 Å². The molecule has 0 amide bonds. The van der Waals surface area contributed by atoms with Crippen LogP contribution in [-0.4, -0.2) is 5.78 Å². The number of ketones is 1. The summed E-state index contributed by atoms with van der Waals surface area (Å²) in [6.45, 7) is 0. The van der Waals surface area contributed by atoms with Gasteiger partial charge in [0.25, 0.3) is 0 Å². The van der Waals surface area contributed by atoms with E-state index in [-0.39, 0.29) is 5.92 Å². The Hall–Kier alpha value is -1.25. The maximum atomic E-state index is 13.0. The molecular formula is C14H16F2O. The molecule has 1 nitrogen and oxygen atoms in total. The van der Waals surface area contributed by atoms with Crippen LogP contribution in [0.1, 0.15) is 37.7 Å². The van der Waals surface area contributed by atoms with Gasteiger partial charge in [0.2, 0.25) is 0 Å². The zero-order chi connectivity index (χ0) is 12.3. The van der Waals surface area contributed by atoms with Crippen molar-refractivity contribution < 1.29 is 13.6 Å². The number of carbonyl (C=O) groups excluding carboxylic acids is 1. The molecule has 0 aliphatic heterocycles. The predicted octanol–water partition coefficient (Wildman–Crippen LogP) is 3.66. The van der Waals surface area contributed by atoms with Gasteiger partial charge in [0.05, 0.1) is 0 Å². The molecule has 1 aromatic carbocycles. The van der Waals surface area contributed by atoms with Gasteiger partial charge in [-0.05, 0) is 42.9 Å². The van der Waals surface area contributed by atoms with Crippen molar-refractivity contribution in [2.45, 2.75) is 38.5 Å². The third-order valence-electron chi connectivity index (χ3n) is 3.34. The average molecular weight is 238 g/mol. The first kappa shape index (κ1) is 12.2. The fraction of sp³-hybridized carbons (Fsp3) is 0.500. The minimum atomic E-state index is -0.814. The molecule has 1 aliphatic carbocycles. The molecule has 17 heavy (non-hydrogen) atoms. The standard InChI is InChI=1S/C14H16F2O/c15-13-6-5-11(9-14(13)16)7-10-3-1-2-4-12(17)8-10/h5-6,9-10H,1-4,7-8H2. The Morgan fingerprint density at radius 1 is 1.18 bits per heavy atom. The maximum absolute atomic E-state index is 13.0. The van der Waals surface area contributed by atoms with E-state index in [1.54, 1.807) is 6.07 Å². The highest BCUT2D eigenvalue weighted by Gasteiger charge is 2.18. The predicted molar refractivity (Wildman–Crippen MR) is 61.6 cm³/mol. The molecule has 1 fully saturated rings. The van der Waals surface area contributed by atoms with Gasteiger partial charge < -0.3 is 0 Å². The van der Waals surface area contributed by atoms with E-state index in [2.05, 4.69) is 0 Å². The SMILES string of the molecule is O=C1CCCCC(Cc2ccc(F)c(F)c2)C1. The van der Waals surface area contributed by atoms with Crippen LogP contribution < -0.4 is 0 Å². The van der Waals surface area contributed by atoms with Crippen LogP contribution in [0.2, 0.25) is 0 Å². The quantitative estimate of drug-likeness (QED) is 0.719. The normalized spacial score (nSPS) is 21.3. The summed E-state index contributed by atoms with van der Waals surface area (Å²) >= 11 is 0. The molecule has 3 heteroatoms. The summed E-state index contributed by atoms with van der Waals surface area (Å²) in [5.74, 6) is -1.03. The highest BCUT2D eigenvalue weighted by Crippen LogP contribution is 2.24. The number of hydrogen-bond donors (Lipinski definition) is 0. The molecule has 0 bridgehead atoms. The smallest absolute Gasteiger partial charge is 0.159 e. The van der Waals surface area contributed by atoms with E-state index in [1.165, 1.54) is 6.07 Å². The van der Waals surface area contributed by atoms with Crippen molar-refractivity contribution in [2.24, 2.45) is 5.92 Å². The monoisotopic (exact) mass is 238 g/mol. The second kappa shape index (κ2) is 5.39. The molecule has 1 atom stereocenters. The molecule has 0 aromatic heterocycles. The summed E-state index contributed by atoms with van der Waals surface area (Å²) in [5.41, 5.74) is 0.781. The van der Waals surface area contributed by atoms with E-state index >= 15 is 0 Å². The maximum Gasteiger partial charge on any atom is 0.159 e. The van der Waals surface area contributed by atoms with E-state index in [0.29, 0.717) is 25.0 Å². The summed E-state index contributed by atoms with van der Waals surface area (Å²) in [5, 5.41) is 0. The van der Waals surface area contributed by atoms with Crippen LogP contribution in [0.3, 0.4) is 0 Å². The number of hydrogen-bond acceptors (Lipinski definition) is 1. The van der Waals surface area contributed by atoms with Crippen LogP contribution in [0.15, 0.2) is 18.2 Å². The Balaban J connectivity index is 2.03. The minimum absolute atomic E-state index is 0.287. The first-order valence-corrected chi connectivity index (χ1v) is 6.11. The number of halogens is 2. The highest BCUT2D eigenvalue weighted by atomic mass is 19.2. The van der Waals surface area contributed by atoms with Gasteiger partial charge in [-0.25, -0.2) is 8.78 Å². The van der Waals surface area contributed by atoms with E-state index in [4.69, 9.17) is 0 Å². The summed E-state index contributed by atoms with van der Waals surface area (Å²) in [6.07, 6.45) is 4.95. The molecule has 0 N–H and O–H groups in total. The van der Waals surface area contributed by atoms with Crippen molar-refractivity contribution in [3.05, 3.63) is 35.4 Å². The first-order chi connectivity index (χ1) is 8.15. The molecule has 0 spiro atoms. The van der Waals surface area contributed by atoms with E-state index in [1.807, 2.05) is 0 Å². The van der Waals surface area contributed by atoms with Crippen molar-refractivity contribution in [1.82, 2.24) is 0 Å². The van der Waals surface area contributed by atoms with Crippen LogP contribution in [0.4, 0.5) is 8.78 Å². The number of benzene rings is 1. The van der Waals surface area contributed by atoms with Crippen LogP contribution in [0.5, 0.6) is 0 Å². The number of carbonyl (C=O) groups is 1. The van der Waals surface area contributed by atoms with Crippen molar-refractivity contribution >= 4 is 5.78 Å². The Bertz CT molecular complexity index is 415. The van der Waals surface area contributed by atoms with Gasteiger partial charge in [0.1, 0.15) is 5.78 Å². The van der Waals surface area contributed by atoms with Crippen molar-refractivity contribution in [2.75, 3.05) is 0 Å². The lowest BCUT2D eigenvalue weighted by Crippen LogP contribution is -2.08. The fourth-order valence-corrected chi connectivity index (χ4v) is 2.46. The lowest BCUT2D eigenvalue weighted by Gasteiger charge is -2.13. The first-order valence-electron chi connectivity index (χ1n) is 6.11. The molecule has 0 saturated heterocycles. The van der Waals surface area contributed by atoms with E-state index < -0.39 is 11.6 Å². The third kappa shape index (κ3) is 3.35. The summed E-state index contributed by atoms with van der Waals surface area (Å²) < 4.78 is 25.8. The fourth-order valence-electron chi connectivity index (χ4n) is 2.46. The lowest BCUT2D eigenvalue weighted by molar-refractivity contribution is -0.119. The van der Waals surface area contributed by atoms with Gasteiger partial charge in [-0.1, -0.05) is 12.5 Å². The van der Waals surface area contributed by atoms with E-state index in [9.17, 15) is 13.6 Å². The van der Waals surface area contributed by atoms with Gasteiger partial charge in [0, 0.05) is 12.8 Å². The third-order valence-corrected chi connectivity index (χ3v) is 3.34.